The van der Waals surface area contributed by atoms with Gasteiger partial charge in [-0.2, -0.15) is 0 Å². The molecule has 2 rings (SSSR count). The quantitative estimate of drug-likeness (QED) is 0.570. The summed E-state index contributed by atoms with van der Waals surface area (Å²) in [5, 5.41) is 0. The van der Waals surface area contributed by atoms with E-state index >= 15 is 0 Å². The van der Waals surface area contributed by atoms with Crippen LogP contribution < -0.4 is 0 Å². The lowest BCUT2D eigenvalue weighted by atomic mass is 10.2. The van der Waals surface area contributed by atoms with Crippen LogP contribution in [0.25, 0.3) is 6.08 Å². The smallest absolute Gasteiger partial charge is 0.177 e. The van der Waals surface area contributed by atoms with Crippen molar-refractivity contribution in [3.05, 3.63) is 54.1 Å². The summed E-state index contributed by atoms with van der Waals surface area (Å²) in [5.41, 5.74) is 1.18. The molecule has 0 spiro atoms. The molecule has 0 N–H and O–H groups in total. The average Bonchev–Trinajstić information content (AvgIpc) is 2.92. The molecule has 0 amide bonds. The minimum atomic E-state index is -0.187. The summed E-state index contributed by atoms with van der Waals surface area (Å²) in [6.45, 7) is 2.53. The van der Waals surface area contributed by atoms with Crippen molar-refractivity contribution < 1.29 is 14.2 Å². The third kappa shape index (κ3) is 4.84. The van der Waals surface area contributed by atoms with Crippen LogP contribution in [0.4, 0.5) is 0 Å². The molecule has 0 aromatic heterocycles. The van der Waals surface area contributed by atoms with Gasteiger partial charge in [0.2, 0.25) is 0 Å². The van der Waals surface area contributed by atoms with Crippen molar-refractivity contribution in [3.63, 3.8) is 0 Å². The van der Waals surface area contributed by atoms with Crippen molar-refractivity contribution in [1.29, 1.82) is 0 Å². The van der Waals surface area contributed by atoms with E-state index in [1.54, 1.807) is 0 Å². The molecule has 96 valence electrons. The second kappa shape index (κ2) is 7.82. The molecule has 3 heteroatoms. The fourth-order valence-electron chi connectivity index (χ4n) is 1.61. The molecular weight excluding hydrogens is 228 g/mol. The van der Waals surface area contributed by atoms with E-state index in [0.29, 0.717) is 26.4 Å². The molecule has 18 heavy (non-hydrogen) atoms. The van der Waals surface area contributed by atoms with Crippen LogP contribution >= 0.6 is 0 Å². The molecule has 1 aromatic rings. The Morgan fingerprint density at radius 3 is 2.56 bits per heavy atom. The summed E-state index contributed by atoms with van der Waals surface area (Å²) >= 11 is 0. The molecular formula is C15H18O3. The predicted molar refractivity (Wildman–Crippen MR) is 71.1 cm³/mol. The first kappa shape index (κ1) is 13.0. The van der Waals surface area contributed by atoms with Crippen LogP contribution in [0, 0.1) is 0 Å². The maximum atomic E-state index is 5.43. The molecule has 0 unspecified atom stereocenters. The van der Waals surface area contributed by atoms with Crippen LogP contribution in [-0.4, -0.2) is 32.7 Å². The second-order valence-corrected chi connectivity index (χ2v) is 3.89. The van der Waals surface area contributed by atoms with E-state index in [0.717, 1.165) is 0 Å². The number of rotatable bonds is 6. The van der Waals surface area contributed by atoms with Crippen molar-refractivity contribution in [2.45, 2.75) is 6.29 Å². The number of hydrogen-bond donors (Lipinski definition) is 0. The standard InChI is InChI=1S/C15H18O3/c1-2-6-14(7-3-1)8-4-10-16-11-5-9-15-17-12-13-18-15/h1-9,15H,10-13H2/b8-4?,9-5+. The first-order valence-electron chi connectivity index (χ1n) is 6.14. The lowest BCUT2D eigenvalue weighted by molar-refractivity contribution is -0.00210. The zero-order valence-corrected chi connectivity index (χ0v) is 10.3. The van der Waals surface area contributed by atoms with E-state index in [1.165, 1.54) is 5.56 Å². The van der Waals surface area contributed by atoms with Gasteiger partial charge in [0.05, 0.1) is 26.4 Å². The highest BCUT2D eigenvalue weighted by Crippen LogP contribution is 2.04. The summed E-state index contributed by atoms with van der Waals surface area (Å²) in [4.78, 5) is 0. The fraction of sp³-hybridized carbons (Fsp3) is 0.333. The zero-order valence-electron chi connectivity index (χ0n) is 10.3. The Kier molecular flexibility index (Phi) is 5.66. The highest BCUT2D eigenvalue weighted by molar-refractivity contribution is 5.48. The molecule has 0 radical (unpaired) electrons. The largest absolute Gasteiger partial charge is 0.373 e. The van der Waals surface area contributed by atoms with Gasteiger partial charge in [-0.25, -0.2) is 0 Å². The molecule has 0 aliphatic carbocycles. The van der Waals surface area contributed by atoms with E-state index in [9.17, 15) is 0 Å². The molecule has 0 bridgehead atoms. The van der Waals surface area contributed by atoms with Crippen LogP contribution in [0.15, 0.2) is 48.6 Å². The predicted octanol–water partition coefficient (Wildman–Crippen LogP) is 2.65. The normalized spacial score (nSPS) is 17.1. The van der Waals surface area contributed by atoms with Crippen LogP contribution in [0.3, 0.4) is 0 Å². The van der Waals surface area contributed by atoms with E-state index in [1.807, 2.05) is 42.5 Å². The Balaban J connectivity index is 1.57. The Bertz CT molecular complexity index is 378. The fourth-order valence-corrected chi connectivity index (χ4v) is 1.61. The minimum absolute atomic E-state index is 0.187. The topological polar surface area (TPSA) is 27.7 Å². The number of hydrogen-bond acceptors (Lipinski definition) is 3. The summed E-state index contributed by atoms with van der Waals surface area (Å²) in [6.07, 6.45) is 7.67. The van der Waals surface area contributed by atoms with Gasteiger partial charge in [0.1, 0.15) is 0 Å². The Hall–Kier alpha value is -1.42. The Labute approximate surface area is 108 Å². The highest BCUT2D eigenvalue weighted by Gasteiger charge is 2.10. The maximum absolute atomic E-state index is 5.43. The van der Waals surface area contributed by atoms with Crippen molar-refractivity contribution in [2.75, 3.05) is 26.4 Å². The van der Waals surface area contributed by atoms with Gasteiger partial charge in [-0.15, -0.1) is 0 Å². The van der Waals surface area contributed by atoms with Gasteiger partial charge >= 0.3 is 0 Å². The van der Waals surface area contributed by atoms with E-state index in [4.69, 9.17) is 14.2 Å². The highest BCUT2D eigenvalue weighted by atomic mass is 16.7. The third-order valence-corrected chi connectivity index (χ3v) is 2.48. The first-order chi connectivity index (χ1) is 8.95. The van der Waals surface area contributed by atoms with Crippen LogP contribution in [0.1, 0.15) is 5.56 Å². The van der Waals surface area contributed by atoms with E-state index < -0.39 is 0 Å². The van der Waals surface area contributed by atoms with Crippen molar-refractivity contribution in [2.24, 2.45) is 0 Å². The van der Waals surface area contributed by atoms with Crippen molar-refractivity contribution in [3.8, 4) is 0 Å². The SMILES string of the molecule is C(=Cc1ccccc1)COC/C=C/C1OCCO1. The summed E-state index contributed by atoms with van der Waals surface area (Å²) < 4.78 is 16.0. The van der Waals surface area contributed by atoms with Gasteiger partial charge in [-0.1, -0.05) is 48.6 Å². The summed E-state index contributed by atoms with van der Waals surface area (Å²) in [5.74, 6) is 0. The van der Waals surface area contributed by atoms with Gasteiger partial charge in [0, 0.05) is 0 Å². The van der Waals surface area contributed by atoms with E-state index in [2.05, 4.69) is 12.1 Å². The molecule has 1 saturated heterocycles. The second-order valence-electron chi connectivity index (χ2n) is 3.89. The molecule has 0 saturated carbocycles. The van der Waals surface area contributed by atoms with Gasteiger partial charge in [-0.3, -0.25) is 0 Å². The first-order valence-corrected chi connectivity index (χ1v) is 6.14. The van der Waals surface area contributed by atoms with Crippen molar-refractivity contribution >= 4 is 6.08 Å². The van der Waals surface area contributed by atoms with Crippen LogP contribution in [-0.2, 0) is 14.2 Å². The molecule has 0 atom stereocenters. The van der Waals surface area contributed by atoms with Gasteiger partial charge in [0.25, 0.3) is 0 Å². The monoisotopic (exact) mass is 246 g/mol. The van der Waals surface area contributed by atoms with Crippen molar-refractivity contribution in [1.82, 2.24) is 0 Å². The minimum Gasteiger partial charge on any atom is -0.373 e. The molecule has 1 aliphatic rings. The zero-order chi connectivity index (χ0) is 12.5. The average molecular weight is 246 g/mol. The molecule has 3 nitrogen and oxygen atoms in total. The van der Waals surface area contributed by atoms with Crippen LogP contribution in [0.2, 0.25) is 0 Å². The van der Waals surface area contributed by atoms with Gasteiger partial charge < -0.3 is 14.2 Å². The van der Waals surface area contributed by atoms with Gasteiger partial charge in [-0.05, 0) is 11.6 Å². The molecule has 1 fully saturated rings. The molecule has 1 aromatic carbocycles. The van der Waals surface area contributed by atoms with Crippen LogP contribution in [0.5, 0.6) is 0 Å². The molecule has 1 heterocycles. The molecule has 1 aliphatic heterocycles. The van der Waals surface area contributed by atoms with E-state index in [-0.39, 0.29) is 6.29 Å². The number of ether oxygens (including phenoxy) is 3. The van der Waals surface area contributed by atoms with Gasteiger partial charge in [0.15, 0.2) is 6.29 Å². The third-order valence-electron chi connectivity index (χ3n) is 2.48. The lowest BCUT2D eigenvalue weighted by Crippen LogP contribution is -2.02. The number of benzene rings is 1. The summed E-state index contributed by atoms with van der Waals surface area (Å²) in [6, 6.07) is 10.2. The maximum Gasteiger partial charge on any atom is 0.177 e. The Morgan fingerprint density at radius 1 is 1.06 bits per heavy atom. The lowest BCUT2D eigenvalue weighted by Gasteiger charge is -2.01. The Morgan fingerprint density at radius 2 is 1.78 bits per heavy atom. The summed E-state index contributed by atoms with van der Waals surface area (Å²) in [7, 11) is 0.